The van der Waals surface area contributed by atoms with Gasteiger partial charge in [-0.3, -0.25) is 0 Å². The van der Waals surface area contributed by atoms with Gasteiger partial charge in [-0.15, -0.1) is 0 Å². The van der Waals surface area contributed by atoms with E-state index in [0.29, 0.717) is 30.7 Å². The third kappa shape index (κ3) is 8.50. The van der Waals surface area contributed by atoms with Crippen molar-refractivity contribution < 1.29 is 28.6 Å². The lowest BCUT2D eigenvalue weighted by Gasteiger charge is -2.28. The van der Waals surface area contributed by atoms with Crippen molar-refractivity contribution in [2.24, 2.45) is 0 Å². The minimum Gasteiger partial charge on any atom is -0.462 e. The van der Waals surface area contributed by atoms with E-state index in [4.69, 9.17) is 14.2 Å². The summed E-state index contributed by atoms with van der Waals surface area (Å²) in [5.41, 5.74) is 0.589. The number of rotatable bonds is 6. The lowest BCUT2D eigenvalue weighted by Crippen LogP contribution is -2.44. The number of anilines is 1. The number of ether oxygens (including phenoxy) is 3. The molecule has 184 valence electrons. The summed E-state index contributed by atoms with van der Waals surface area (Å²) in [5.74, 6) is -0.230. The molecule has 2 rings (SSSR count). The predicted octanol–water partition coefficient (Wildman–Crippen LogP) is 5.72. The fourth-order valence-corrected chi connectivity index (χ4v) is 2.90. The lowest BCUT2D eigenvalue weighted by molar-refractivity contribution is 0.0427. The number of esters is 1. The van der Waals surface area contributed by atoms with Crippen LogP contribution in [0.25, 0.3) is 0 Å². The van der Waals surface area contributed by atoms with Crippen LogP contribution in [0, 0.1) is 0 Å². The molecule has 0 aliphatic heterocycles. The van der Waals surface area contributed by atoms with Crippen molar-refractivity contribution in [3.63, 3.8) is 0 Å². The molecule has 2 amide bonds. The standard InChI is InChI=1S/C26H34N2O6/c1-8-32-22(29)19-15-12-18(13-16-19)14-17-20-10-9-11-21(27-20)28(23(30)33-25(2,3)4)24(31)34-26(5,6)7/h9-13,15-16H,8,14,17H2,1-7H3. The van der Waals surface area contributed by atoms with E-state index in [1.807, 2.05) is 18.2 Å². The van der Waals surface area contributed by atoms with E-state index in [-0.39, 0.29) is 11.8 Å². The molecule has 8 heteroatoms. The third-order valence-corrected chi connectivity index (χ3v) is 4.31. The molecule has 0 radical (unpaired) electrons. The van der Waals surface area contributed by atoms with Gasteiger partial charge in [-0.1, -0.05) is 18.2 Å². The average Bonchev–Trinajstić information content (AvgIpc) is 2.70. The number of hydrogen-bond acceptors (Lipinski definition) is 7. The van der Waals surface area contributed by atoms with Crippen LogP contribution < -0.4 is 4.90 Å². The largest absolute Gasteiger partial charge is 0.462 e. The highest BCUT2D eigenvalue weighted by molar-refractivity contribution is 6.08. The first-order valence-corrected chi connectivity index (χ1v) is 11.3. The molecule has 0 saturated heterocycles. The maximum atomic E-state index is 12.8. The Labute approximate surface area is 201 Å². The summed E-state index contributed by atoms with van der Waals surface area (Å²) in [6, 6.07) is 12.3. The quantitative estimate of drug-likeness (QED) is 0.393. The average molecular weight is 471 g/mol. The summed E-state index contributed by atoms with van der Waals surface area (Å²) < 4.78 is 15.8. The number of nitrogens with zero attached hydrogens (tertiary/aromatic N) is 2. The molecule has 2 aromatic rings. The van der Waals surface area contributed by atoms with Crippen molar-refractivity contribution in [3.05, 3.63) is 59.3 Å². The molecule has 0 bridgehead atoms. The monoisotopic (exact) mass is 470 g/mol. The molecule has 0 atom stereocenters. The molecule has 1 heterocycles. The number of carbonyl (C=O) groups is 3. The second-order valence-corrected chi connectivity index (χ2v) is 9.70. The molecule has 1 aromatic heterocycles. The first kappa shape index (κ1) is 26.8. The molecule has 0 saturated carbocycles. The van der Waals surface area contributed by atoms with Gasteiger partial charge in [0.05, 0.1) is 12.2 Å². The fraction of sp³-hybridized carbons (Fsp3) is 0.462. The first-order chi connectivity index (χ1) is 15.8. The Balaban J connectivity index is 2.20. The van der Waals surface area contributed by atoms with Crippen LogP contribution >= 0.6 is 0 Å². The normalized spacial score (nSPS) is 11.5. The Morgan fingerprint density at radius 3 is 1.88 bits per heavy atom. The number of hydrogen-bond donors (Lipinski definition) is 0. The predicted molar refractivity (Wildman–Crippen MR) is 129 cm³/mol. The zero-order valence-corrected chi connectivity index (χ0v) is 21.0. The van der Waals surface area contributed by atoms with Crippen LogP contribution in [0.2, 0.25) is 0 Å². The maximum Gasteiger partial charge on any atom is 0.425 e. The van der Waals surface area contributed by atoms with Crippen LogP contribution in [0.15, 0.2) is 42.5 Å². The second-order valence-electron chi connectivity index (χ2n) is 9.70. The molecule has 8 nitrogen and oxygen atoms in total. The van der Waals surface area contributed by atoms with Gasteiger partial charge >= 0.3 is 18.2 Å². The van der Waals surface area contributed by atoms with Crippen LogP contribution in [-0.2, 0) is 27.1 Å². The topological polar surface area (TPSA) is 95.0 Å². The number of pyridine rings is 1. The van der Waals surface area contributed by atoms with E-state index in [9.17, 15) is 14.4 Å². The fourth-order valence-electron chi connectivity index (χ4n) is 2.90. The third-order valence-electron chi connectivity index (χ3n) is 4.31. The van der Waals surface area contributed by atoms with E-state index in [2.05, 4.69) is 4.98 Å². The summed E-state index contributed by atoms with van der Waals surface area (Å²) >= 11 is 0. The number of aromatic nitrogens is 1. The van der Waals surface area contributed by atoms with E-state index in [1.54, 1.807) is 72.7 Å². The van der Waals surface area contributed by atoms with Crippen LogP contribution in [0.1, 0.15) is 70.1 Å². The Morgan fingerprint density at radius 1 is 0.824 bits per heavy atom. The summed E-state index contributed by atoms with van der Waals surface area (Å²) in [6.07, 6.45) is -0.511. The van der Waals surface area contributed by atoms with Crippen molar-refractivity contribution >= 4 is 24.0 Å². The van der Waals surface area contributed by atoms with E-state index in [1.165, 1.54) is 0 Å². The van der Waals surface area contributed by atoms with E-state index >= 15 is 0 Å². The highest BCUT2D eigenvalue weighted by atomic mass is 16.6. The molecule has 1 aromatic carbocycles. The molecule has 0 spiro atoms. The molecule has 0 unspecified atom stereocenters. The van der Waals surface area contributed by atoms with Crippen molar-refractivity contribution in [1.82, 2.24) is 4.98 Å². The number of amides is 2. The van der Waals surface area contributed by atoms with Crippen molar-refractivity contribution in [1.29, 1.82) is 0 Å². The maximum absolute atomic E-state index is 12.8. The van der Waals surface area contributed by atoms with Gasteiger partial charge in [-0.2, -0.15) is 4.90 Å². The van der Waals surface area contributed by atoms with Crippen molar-refractivity contribution in [3.8, 4) is 0 Å². The number of aryl methyl sites for hydroxylation is 2. The molecular formula is C26H34N2O6. The van der Waals surface area contributed by atoms with Gasteiger partial charge in [0.1, 0.15) is 17.0 Å². The summed E-state index contributed by atoms with van der Waals surface area (Å²) in [5, 5.41) is 0. The summed E-state index contributed by atoms with van der Waals surface area (Å²) in [4.78, 5) is 42.8. The van der Waals surface area contributed by atoms with Gasteiger partial charge in [0, 0.05) is 5.69 Å². The molecule has 0 N–H and O–H groups in total. The Kier molecular flexibility index (Phi) is 8.79. The molecule has 34 heavy (non-hydrogen) atoms. The van der Waals surface area contributed by atoms with Gasteiger partial charge in [0.25, 0.3) is 0 Å². The molecule has 0 fully saturated rings. The first-order valence-electron chi connectivity index (χ1n) is 11.3. The lowest BCUT2D eigenvalue weighted by atomic mass is 10.1. The molecular weight excluding hydrogens is 436 g/mol. The minimum absolute atomic E-state index is 0.124. The van der Waals surface area contributed by atoms with Crippen LogP contribution in [0.4, 0.5) is 15.4 Å². The summed E-state index contributed by atoms with van der Waals surface area (Å²) in [7, 11) is 0. The SMILES string of the molecule is CCOC(=O)c1ccc(CCc2cccc(N(C(=O)OC(C)(C)C)C(=O)OC(C)(C)C)n2)cc1. The Bertz CT molecular complexity index is 975. The summed E-state index contributed by atoms with van der Waals surface area (Å²) in [6.45, 7) is 12.4. The number of carbonyl (C=O) groups excluding carboxylic acids is 3. The second kappa shape index (κ2) is 11.1. The van der Waals surface area contributed by atoms with Gasteiger partial charge < -0.3 is 14.2 Å². The zero-order chi connectivity index (χ0) is 25.5. The van der Waals surface area contributed by atoms with Crippen molar-refractivity contribution in [2.75, 3.05) is 11.5 Å². The van der Waals surface area contributed by atoms with Crippen LogP contribution in [-0.4, -0.2) is 40.9 Å². The van der Waals surface area contributed by atoms with Gasteiger partial charge in [-0.25, -0.2) is 19.4 Å². The van der Waals surface area contributed by atoms with E-state index in [0.717, 1.165) is 10.5 Å². The Hall–Kier alpha value is -3.42. The van der Waals surface area contributed by atoms with Gasteiger partial charge in [-0.05, 0) is 91.1 Å². The van der Waals surface area contributed by atoms with Crippen LogP contribution in [0.3, 0.4) is 0 Å². The number of benzene rings is 1. The van der Waals surface area contributed by atoms with Crippen molar-refractivity contribution in [2.45, 2.75) is 72.5 Å². The number of imide groups is 1. The highest BCUT2D eigenvalue weighted by Crippen LogP contribution is 2.21. The highest BCUT2D eigenvalue weighted by Gasteiger charge is 2.33. The molecule has 0 aliphatic carbocycles. The molecule has 0 aliphatic rings. The van der Waals surface area contributed by atoms with Crippen LogP contribution in [0.5, 0.6) is 0 Å². The zero-order valence-electron chi connectivity index (χ0n) is 21.0. The minimum atomic E-state index is -0.860. The van der Waals surface area contributed by atoms with Gasteiger partial charge in [0.2, 0.25) is 0 Å². The Morgan fingerprint density at radius 2 is 1.38 bits per heavy atom. The van der Waals surface area contributed by atoms with Gasteiger partial charge in [0.15, 0.2) is 0 Å². The van der Waals surface area contributed by atoms with E-state index < -0.39 is 23.4 Å². The smallest absolute Gasteiger partial charge is 0.425 e.